The fourth-order valence-electron chi connectivity index (χ4n) is 3.46. The number of nitrogens with one attached hydrogen (secondary N) is 1. The third kappa shape index (κ3) is 7.75. The monoisotopic (exact) mass is 598 g/mol. The van der Waals surface area contributed by atoms with E-state index in [0.29, 0.717) is 34.8 Å². The molecule has 0 atom stereocenters. The standard InChI is InChI=1S/C29H24Cl2N2O6S/c1-2-37-28-17-21(8-14-27(28)38-19-20-6-4-3-5-7-20)29(34)33-32-18-22-16-24(31)11-15-26(22)39-40(35,36)25-12-9-23(30)10-13-25/h3-18H,2,19H2,1H3,(H,33,34)/b32-18+. The Morgan fingerprint density at radius 1 is 0.850 bits per heavy atom. The second kappa shape index (κ2) is 13.3. The number of ether oxygens (including phenoxy) is 2. The van der Waals surface area contributed by atoms with Crippen molar-refractivity contribution in [1.29, 1.82) is 0 Å². The Morgan fingerprint density at radius 2 is 1.55 bits per heavy atom. The molecule has 0 aromatic heterocycles. The fraction of sp³-hybridized carbons (Fsp3) is 0.103. The molecule has 11 heteroatoms. The van der Waals surface area contributed by atoms with Crippen LogP contribution in [-0.2, 0) is 16.7 Å². The number of hydrogen-bond donors (Lipinski definition) is 1. The van der Waals surface area contributed by atoms with Crippen LogP contribution in [0.1, 0.15) is 28.4 Å². The lowest BCUT2D eigenvalue weighted by molar-refractivity contribution is 0.0954. The summed E-state index contributed by atoms with van der Waals surface area (Å²) in [6, 6.07) is 24.3. The number of amides is 1. The van der Waals surface area contributed by atoms with Gasteiger partial charge in [0, 0.05) is 21.2 Å². The number of benzene rings is 4. The first-order chi connectivity index (χ1) is 19.2. The summed E-state index contributed by atoms with van der Waals surface area (Å²) in [6.07, 6.45) is 1.23. The van der Waals surface area contributed by atoms with Crippen LogP contribution in [-0.4, -0.2) is 27.1 Å². The largest absolute Gasteiger partial charge is 0.490 e. The van der Waals surface area contributed by atoms with Crippen LogP contribution in [0.5, 0.6) is 17.2 Å². The van der Waals surface area contributed by atoms with Crippen LogP contribution in [0.4, 0.5) is 0 Å². The van der Waals surface area contributed by atoms with Crippen LogP contribution in [0.2, 0.25) is 10.0 Å². The van der Waals surface area contributed by atoms with E-state index in [2.05, 4.69) is 10.5 Å². The van der Waals surface area contributed by atoms with E-state index in [-0.39, 0.29) is 21.8 Å². The van der Waals surface area contributed by atoms with Gasteiger partial charge in [-0.2, -0.15) is 13.5 Å². The molecule has 0 aliphatic carbocycles. The van der Waals surface area contributed by atoms with Crippen molar-refractivity contribution in [2.75, 3.05) is 6.61 Å². The lowest BCUT2D eigenvalue weighted by Crippen LogP contribution is -2.18. The maximum Gasteiger partial charge on any atom is 0.339 e. The Bertz CT molecular complexity index is 1610. The van der Waals surface area contributed by atoms with Crippen LogP contribution in [0.15, 0.2) is 101 Å². The van der Waals surface area contributed by atoms with E-state index in [1.54, 1.807) is 18.2 Å². The number of hydrogen-bond acceptors (Lipinski definition) is 7. The highest BCUT2D eigenvalue weighted by Gasteiger charge is 2.19. The summed E-state index contributed by atoms with van der Waals surface area (Å²) in [7, 11) is -4.16. The van der Waals surface area contributed by atoms with Gasteiger partial charge in [-0.05, 0) is 73.2 Å². The van der Waals surface area contributed by atoms with Gasteiger partial charge >= 0.3 is 10.1 Å². The summed E-state index contributed by atoms with van der Waals surface area (Å²) in [5.74, 6) is 0.349. The maximum atomic E-state index is 12.8. The van der Waals surface area contributed by atoms with E-state index >= 15 is 0 Å². The average Bonchev–Trinajstić information content (AvgIpc) is 2.94. The van der Waals surface area contributed by atoms with Crippen molar-refractivity contribution >= 4 is 45.4 Å². The summed E-state index contributed by atoms with van der Waals surface area (Å²) in [5.41, 5.74) is 3.91. The minimum Gasteiger partial charge on any atom is -0.490 e. The summed E-state index contributed by atoms with van der Waals surface area (Å²) in [4.78, 5) is 12.7. The molecule has 0 saturated heterocycles. The number of rotatable bonds is 11. The fourth-order valence-corrected chi connectivity index (χ4v) is 4.72. The second-order valence-electron chi connectivity index (χ2n) is 8.24. The maximum absolute atomic E-state index is 12.8. The molecule has 1 N–H and O–H groups in total. The van der Waals surface area contributed by atoms with Crippen LogP contribution >= 0.6 is 23.2 Å². The molecule has 0 fully saturated rings. The van der Waals surface area contributed by atoms with E-state index in [4.69, 9.17) is 36.9 Å². The molecule has 0 bridgehead atoms. The molecule has 206 valence electrons. The smallest absolute Gasteiger partial charge is 0.339 e. The quantitative estimate of drug-likeness (QED) is 0.120. The van der Waals surface area contributed by atoms with Gasteiger partial charge in [-0.15, -0.1) is 0 Å². The highest BCUT2D eigenvalue weighted by molar-refractivity contribution is 7.87. The zero-order valence-corrected chi connectivity index (χ0v) is 23.5. The van der Waals surface area contributed by atoms with Gasteiger partial charge in [0.05, 0.1) is 12.8 Å². The Hall–Kier alpha value is -4.05. The molecule has 0 spiro atoms. The molecule has 1 amide bonds. The Labute approximate surface area is 242 Å². The summed E-state index contributed by atoms with van der Waals surface area (Å²) in [5, 5.41) is 4.66. The molecule has 4 rings (SSSR count). The van der Waals surface area contributed by atoms with Crippen LogP contribution in [0, 0.1) is 0 Å². The summed E-state index contributed by atoms with van der Waals surface area (Å²) >= 11 is 11.9. The number of carbonyl (C=O) groups excluding carboxylic acids is 1. The van der Waals surface area contributed by atoms with Crippen molar-refractivity contribution in [3.8, 4) is 17.2 Å². The Balaban J connectivity index is 1.47. The zero-order chi connectivity index (χ0) is 28.5. The van der Waals surface area contributed by atoms with Crippen LogP contribution in [0.25, 0.3) is 0 Å². The van der Waals surface area contributed by atoms with Crippen molar-refractivity contribution in [1.82, 2.24) is 5.43 Å². The highest BCUT2D eigenvalue weighted by Crippen LogP contribution is 2.30. The number of nitrogens with zero attached hydrogens (tertiary/aromatic N) is 1. The predicted octanol–water partition coefficient (Wildman–Crippen LogP) is 6.50. The van der Waals surface area contributed by atoms with Crippen LogP contribution < -0.4 is 19.1 Å². The first-order valence-corrected chi connectivity index (χ1v) is 14.2. The molecular weight excluding hydrogens is 575 g/mol. The topological polar surface area (TPSA) is 103 Å². The number of halogens is 2. The van der Waals surface area contributed by atoms with Gasteiger partial charge in [-0.3, -0.25) is 4.79 Å². The number of hydrazone groups is 1. The van der Waals surface area contributed by atoms with Gasteiger partial charge in [0.2, 0.25) is 0 Å². The SMILES string of the molecule is CCOc1cc(C(=O)N/N=C/c2cc(Cl)ccc2OS(=O)(=O)c2ccc(Cl)cc2)ccc1OCc1ccccc1. The molecule has 0 radical (unpaired) electrons. The normalized spacial score (nSPS) is 11.3. The van der Waals surface area contributed by atoms with Gasteiger partial charge in [0.1, 0.15) is 11.5 Å². The van der Waals surface area contributed by atoms with Crippen molar-refractivity contribution < 1.29 is 26.9 Å². The highest BCUT2D eigenvalue weighted by atomic mass is 35.5. The van der Waals surface area contributed by atoms with E-state index in [1.807, 2.05) is 37.3 Å². The summed E-state index contributed by atoms with van der Waals surface area (Å²) < 4.78 is 42.3. The zero-order valence-electron chi connectivity index (χ0n) is 21.2. The first-order valence-electron chi connectivity index (χ1n) is 12.0. The lowest BCUT2D eigenvalue weighted by atomic mass is 10.2. The molecule has 0 aliphatic rings. The summed E-state index contributed by atoms with van der Waals surface area (Å²) in [6.45, 7) is 2.55. The molecule has 0 saturated carbocycles. The van der Waals surface area contributed by atoms with Gasteiger partial charge in [0.15, 0.2) is 17.2 Å². The van der Waals surface area contributed by atoms with Crippen molar-refractivity contribution in [3.05, 3.63) is 118 Å². The third-order valence-electron chi connectivity index (χ3n) is 5.39. The minimum atomic E-state index is -4.16. The average molecular weight is 599 g/mol. The molecule has 0 aliphatic heterocycles. The van der Waals surface area contributed by atoms with E-state index < -0.39 is 16.0 Å². The van der Waals surface area contributed by atoms with Crippen molar-refractivity contribution in [3.63, 3.8) is 0 Å². The van der Waals surface area contributed by atoms with E-state index in [0.717, 1.165) is 5.56 Å². The van der Waals surface area contributed by atoms with Crippen molar-refractivity contribution in [2.24, 2.45) is 5.10 Å². The van der Waals surface area contributed by atoms with Gasteiger partial charge in [-0.25, -0.2) is 5.43 Å². The molecule has 8 nitrogen and oxygen atoms in total. The molecule has 40 heavy (non-hydrogen) atoms. The molecule has 4 aromatic rings. The predicted molar refractivity (Wildman–Crippen MR) is 154 cm³/mol. The third-order valence-corrected chi connectivity index (χ3v) is 7.12. The molecule has 0 unspecified atom stereocenters. The first kappa shape index (κ1) is 28.9. The van der Waals surface area contributed by atoms with Crippen molar-refractivity contribution in [2.45, 2.75) is 18.4 Å². The van der Waals surface area contributed by atoms with E-state index in [9.17, 15) is 13.2 Å². The molecule has 4 aromatic carbocycles. The van der Waals surface area contributed by atoms with Gasteiger partial charge < -0.3 is 13.7 Å². The Morgan fingerprint density at radius 3 is 2.27 bits per heavy atom. The molecule has 0 heterocycles. The number of carbonyl (C=O) groups is 1. The van der Waals surface area contributed by atoms with E-state index in [1.165, 1.54) is 48.7 Å². The Kier molecular flexibility index (Phi) is 9.65. The molecular formula is C29H24Cl2N2O6S. The van der Waals surface area contributed by atoms with Gasteiger partial charge in [0.25, 0.3) is 5.91 Å². The van der Waals surface area contributed by atoms with Gasteiger partial charge in [-0.1, -0.05) is 53.5 Å². The van der Waals surface area contributed by atoms with Crippen LogP contribution in [0.3, 0.4) is 0 Å². The minimum absolute atomic E-state index is 0.0316. The second-order valence-corrected chi connectivity index (χ2v) is 10.7. The lowest BCUT2D eigenvalue weighted by Gasteiger charge is -2.13.